The van der Waals surface area contributed by atoms with Crippen molar-refractivity contribution in [3.63, 3.8) is 0 Å². The van der Waals surface area contributed by atoms with Gasteiger partial charge in [0.1, 0.15) is 42.3 Å². The summed E-state index contributed by atoms with van der Waals surface area (Å²) in [6, 6.07) is 0. The van der Waals surface area contributed by atoms with E-state index in [4.69, 9.17) is 15.6 Å². The van der Waals surface area contributed by atoms with Crippen LogP contribution in [0, 0.1) is 0 Å². The summed E-state index contributed by atoms with van der Waals surface area (Å²) < 4.78 is 6.46. The summed E-state index contributed by atoms with van der Waals surface area (Å²) >= 11 is 0. The number of nitrogens with zero attached hydrogens (tertiary/aromatic N) is 2. The number of aromatic amines is 1. The molecule has 3 heterocycles. The van der Waals surface area contributed by atoms with Gasteiger partial charge in [-0.2, -0.15) is 0 Å². The maximum Gasteiger partial charge on any atom is 0.329 e. The third kappa shape index (κ3) is 1.73. The van der Waals surface area contributed by atoms with E-state index in [9.17, 15) is 15.0 Å². The van der Waals surface area contributed by atoms with Crippen molar-refractivity contribution in [3.05, 3.63) is 16.2 Å². The van der Waals surface area contributed by atoms with Crippen LogP contribution in [0.1, 0.15) is 11.9 Å². The molecule has 1 aromatic heterocycles. The lowest BCUT2D eigenvalue weighted by Gasteiger charge is -2.20. The Kier molecular flexibility index (Phi) is 3.01. The number of aromatic nitrogens is 2. The van der Waals surface area contributed by atoms with Crippen molar-refractivity contribution in [1.29, 1.82) is 0 Å². The zero-order valence-electron chi connectivity index (χ0n) is 10.4. The first-order chi connectivity index (χ1) is 9.54. The normalized spacial score (nSPS) is 32.6. The molecular weight excluding hydrogens is 270 g/mol. The highest BCUT2D eigenvalue weighted by molar-refractivity contribution is 6.01. The average molecular weight is 285 g/mol. The smallest absolute Gasteiger partial charge is 0.329 e. The molecule has 4 atom stereocenters. The monoisotopic (exact) mass is 285 g/mol. The number of aliphatic hydroxyl groups excluding tert-OH is 3. The van der Waals surface area contributed by atoms with Gasteiger partial charge in [0.05, 0.1) is 6.61 Å². The van der Waals surface area contributed by atoms with Gasteiger partial charge in [-0.25, -0.2) is 14.4 Å². The first-order valence-electron chi connectivity index (χ1n) is 6.05. The molecule has 3 rings (SSSR count). The minimum atomic E-state index is -1.34. The predicted molar refractivity (Wildman–Crippen MR) is 67.3 cm³/mol. The second-order valence-corrected chi connectivity index (χ2v) is 4.63. The molecule has 7 N–H and O–H groups in total. The first kappa shape index (κ1) is 13.1. The number of H-pyrrole nitrogens is 1. The van der Waals surface area contributed by atoms with E-state index in [0.717, 1.165) is 4.57 Å². The SMILES string of the molecule is NC1=NCNc2c1[nH]c(=O)n2C1OC(CO)C(O)C1O. The molecule has 0 amide bonds. The fourth-order valence-corrected chi connectivity index (χ4v) is 2.42. The molecule has 1 fully saturated rings. The van der Waals surface area contributed by atoms with Crippen LogP contribution in [-0.2, 0) is 4.74 Å². The van der Waals surface area contributed by atoms with Crippen molar-refractivity contribution in [1.82, 2.24) is 9.55 Å². The van der Waals surface area contributed by atoms with Crippen molar-refractivity contribution < 1.29 is 20.1 Å². The number of amidine groups is 1. The number of aliphatic hydroxyl groups is 3. The highest BCUT2D eigenvalue weighted by Gasteiger charge is 2.45. The van der Waals surface area contributed by atoms with Crippen molar-refractivity contribution in [2.45, 2.75) is 24.5 Å². The van der Waals surface area contributed by atoms with Crippen LogP contribution in [0.25, 0.3) is 0 Å². The van der Waals surface area contributed by atoms with E-state index in [0.29, 0.717) is 11.5 Å². The molecule has 0 aromatic carbocycles. The van der Waals surface area contributed by atoms with Crippen molar-refractivity contribution in [3.8, 4) is 0 Å². The third-order valence-electron chi connectivity index (χ3n) is 3.45. The van der Waals surface area contributed by atoms with Gasteiger partial charge >= 0.3 is 5.69 Å². The van der Waals surface area contributed by atoms with Crippen LogP contribution in [0.2, 0.25) is 0 Å². The number of ether oxygens (including phenoxy) is 1. The average Bonchev–Trinajstić information content (AvgIpc) is 2.90. The molecule has 110 valence electrons. The van der Waals surface area contributed by atoms with E-state index in [-0.39, 0.29) is 12.5 Å². The Labute approximate surface area is 112 Å². The maximum absolute atomic E-state index is 12.0. The molecule has 2 aliphatic rings. The standard InChI is InChI=1S/C10H15N5O5/c11-7-4-8(13-2-12-7)15(10(19)14-4)9-6(18)5(17)3(1-16)20-9/h3,5-6,9,13,16-18H,1-2H2,(H2,11,12)(H,14,19). The number of fused-ring (bicyclic) bond motifs is 1. The lowest BCUT2D eigenvalue weighted by atomic mass is 10.1. The Morgan fingerprint density at radius 2 is 2.20 bits per heavy atom. The van der Waals surface area contributed by atoms with Gasteiger partial charge < -0.3 is 36.1 Å². The van der Waals surface area contributed by atoms with Crippen molar-refractivity contribution in [2.75, 3.05) is 18.6 Å². The number of nitrogens with two attached hydrogens (primary N) is 1. The van der Waals surface area contributed by atoms with Gasteiger partial charge in [-0.3, -0.25) is 0 Å². The Balaban J connectivity index is 2.04. The van der Waals surface area contributed by atoms with Crippen LogP contribution in [0.15, 0.2) is 9.79 Å². The number of hydrogen-bond acceptors (Lipinski definition) is 8. The van der Waals surface area contributed by atoms with Gasteiger partial charge in [-0.15, -0.1) is 0 Å². The van der Waals surface area contributed by atoms with Gasteiger partial charge in [-0.1, -0.05) is 0 Å². The summed E-state index contributed by atoms with van der Waals surface area (Å²) in [7, 11) is 0. The van der Waals surface area contributed by atoms with Gasteiger partial charge in [0.2, 0.25) is 0 Å². The summed E-state index contributed by atoms with van der Waals surface area (Å²) in [6.45, 7) is -0.280. The highest BCUT2D eigenvalue weighted by Crippen LogP contribution is 2.31. The van der Waals surface area contributed by atoms with Gasteiger partial charge in [0.25, 0.3) is 0 Å². The number of rotatable bonds is 2. The molecule has 0 radical (unpaired) electrons. The molecule has 0 bridgehead atoms. The molecule has 0 spiro atoms. The second kappa shape index (κ2) is 4.59. The highest BCUT2D eigenvalue weighted by atomic mass is 16.6. The van der Waals surface area contributed by atoms with Gasteiger partial charge in [-0.05, 0) is 0 Å². The first-order valence-corrected chi connectivity index (χ1v) is 6.05. The van der Waals surface area contributed by atoms with E-state index < -0.39 is 36.8 Å². The molecule has 0 aliphatic carbocycles. The van der Waals surface area contributed by atoms with E-state index in [2.05, 4.69) is 15.3 Å². The van der Waals surface area contributed by atoms with Gasteiger partial charge in [0, 0.05) is 0 Å². The molecule has 4 unspecified atom stereocenters. The van der Waals surface area contributed by atoms with Crippen LogP contribution >= 0.6 is 0 Å². The fourth-order valence-electron chi connectivity index (χ4n) is 2.42. The number of anilines is 1. The van der Waals surface area contributed by atoms with E-state index in [1.165, 1.54) is 0 Å². The summed E-state index contributed by atoms with van der Waals surface area (Å²) in [5, 5.41) is 31.6. The summed E-state index contributed by atoms with van der Waals surface area (Å²) in [6.07, 6.45) is -4.70. The van der Waals surface area contributed by atoms with E-state index in [1.54, 1.807) is 0 Å². The van der Waals surface area contributed by atoms with Crippen LogP contribution in [-0.4, -0.2) is 62.3 Å². The quantitative estimate of drug-likeness (QED) is 0.335. The Hall–Kier alpha value is -1.88. The maximum atomic E-state index is 12.0. The number of imidazole rings is 1. The second-order valence-electron chi connectivity index (χ2n) is 4.63. The number of hydrogen-bond donors (Lipinski definition) is 6. The van der Waals surface area contributed by atoms with E-state index in [1.807, 2.05) is 0 Å². The molecular formula is C10H15N5O5. The van der Waals surface area contributed by atoms with Crippen LogP contribution < -0.4 is 16.7 Å². The van der Waals surface area contributed by atoms with Crippen LogP contribution in [0.4, 0.5) is 5.82 Å². The number of aliphatic imine (C=N–C) groups is 1. The zero-order chi connectivity index (χ0) is 14.4. The molecule has 10 heteroatoms. The van der Waals surface area contributed by atoms with Crippen LogP contribution in [0.5, 0.6) is 0 Å². The lowest BCUT2D eigenvalue weighted by Crippen LogP contribution is -2.35. The zero-order valence-corrected chi connectivity index (χ0v) is 10.4. The number of nitrogens with one attached hydrogen (secondary N) is 2. The molecule has 20 heavy (non-hydrogen) atoms. The molecule has 0 saturated carbocycles. The van der Waals surface area contributed by atoms with E-state index >= 15 is 0 Å². The summed E-state index contributed by atoms with van der Waals surface area (Å²) in [4.78, 5) is 18.4. The molecule has 10 nitrogen and oxygen atoms in total. The topological polar surface area (TPSA) is 158 Å². The van der Waals surface area contributed by atoms with Crippen LogP contribution in [0.3, 0.4) is 0 Å². The summed E-state index contributed by atoms with van der Waals surface area (Å²) in [5.74, 6) is 0.499. The van der Waals surface area contributed by atoms with Gasteiger partial charge in [0.15, 0.2) is 6.23 Å². The third-order valence-corrected chi connectivity index (χ3v) is 3.45. The largest absolute Gasteiger partial charge is 0.394 e. The molecule has 2 aliphatic heterocycles. The molecule has 1 aromatic rings. The lowest BCUT2D eigenvalue weighted by molar-refractivity contribution is -0.0532. The minimum Gasteiger partial charge on any atom is -0.394 e. The minimum absolute atomic E-state index is 0.168. The Morgan fingerprint density at radius 3 is 2.85 bits per heavy atom. The van der Waals surface area contributed by atoms with Crippen molar-refractivity contribution >= 4 is 11.7 Å². The fraction of sp³-hybridized carbons (Fsp3) is 0.600. The predicted octanol–water partition coefficient (Wildman–Crippen LogP) is -3.12. The Bertz CT molecular complexity index is 608. The molecule has 1 saturated heterocycles. The van der Waals surface area contributed by atoms with Crippen molar-refractivity contribution in [2.24, 2.45) is 10.7 Å². The summed E-state index contributed by atoms with van der Waals surface area (Å²) in [5.41, 5.74) is 5.42. The Morgan fingerprint density at radius 1 is 1.45 bits per heavy atom.